The van der Waals surface area contributed by atoms with E-state index in [9.17, 15) is 0 Å². The Morgan fingerprint density at radius 1 is 1.40 bits per heavy atom. The van der Waals surface area contributed by atoms with E-state index < -0.39 is 0 Å². The maximum absolute atomic E-state index is 4.36. The van der Waals surface area contributed by atoms with Crippen LogP contribution >= 0.6 is 0 Å². The molecule has 2 aliphatic rings. The van der Waals surface area contributed by atoms with Crippen LogP contribution in [0.1, 0.15) is 52.9 Å². The lowest BCUT2D eigenvalue weighted by Gasteiger charge is -2.41. The third-order valence-electron chi connectivity index (χ3n) is 4.76. The first-order valence-corrected chi connectivity index (χ1v) is 6.40. The van der Waals surface area contributed by atoms with Crippen molar-refractivity contribution in [2.45, 2.75) is 52.9 Å². The zero-order valence-corrected chi connectivity index (χ0v) is 10.5. The average Bonchev–Trinajstić information content (AvgIpc) is 2.50. The van der Waals surface area contributed by atoms with Crippen molar-refractivity contribution in [2.75, 3.05) is 0 Å². The summed E-state index contributed by atoms with van der Waals surface area (Å²) in [6, 6.07) is 0. The lowest BCUT2D eigenvalue weighted by atomic mass is 9.64. The number of hydrogen-bond acceptors (Lipinski definition) is 0. The summed E-state index contributed by atoms with van der Waals surface area (Å²) in [5.74, 6) is 1.70. The number of hydrogen-bond donors (Lipinski definition) is 0. The van der Waals surface area contributed by atoms with Crippen LogP contribution in [0.5, 0.6) is 0 Å². The largest absolute Gasteiger partial charge is 0.0993 e. The first kappa shape index (κ1) is 11.0. The van der Waals surface area contributed by atoms with Crippen LogP contribution in [-0.4, -0.2) is 0 Å². The lowest BCUT2D eigenvalue weighted by Crippen LogP contribution is -2.31. The first-order valence-electron chi connectivity index (χ1n) is 6.40. The molecule has 1 spiro atoms. The fraction of sp³-hybridized carbons (Fsp3) is 0.733. The van der Waals surface area contributed by atoms with Crippen molar-refractivity contribution >= 4 is 0 Å². The normalized spacial score (nSPS) is 36.4. The third kappa shape index (κ3) is 1.68. The molecule has 1 fully saturated rings. The van der Waals surface area contributed by atoms with Gasteiger partial charge in [0, 0.05) is 0 Å². The summed E-state index contributed by atoms with van der Waals surface area (Å²) in [7, 11) is 0. The third-order valence-corrected chi connectivity index (χ3v) is 4.76. The lowest BCUT2D eigenvalue weighted by molar-refractivity contribution is 0.169. The molecule has 0 radical (unpaired) electrons. The summed E-state index contributed by atoms with van der Waals surface area (Å²) in [5.41, 5.74) is 3.61. The molecule has 15 heavy (non-hydrogen) atoms. The van der Waals surface area contributed by atoms with Crippen molar-refractivity contribution in [1.29, 1.82) is 0 Å². The van der Waals surface area contributed by atoms with Gasteiger partial charge in [0.25, 0.3) is 0 Å². The fourth-order valence-corrected chi connectivity index (χ4v) is 3.73. The minimum atomic E-state index is 0.480. The fourth-order valence-electron chi connectivity index (χ4n) is 3.73. The highest BCUT2D eigenvalue weighted by Gasteiger charge is 2.46. The van der Waals surface area contributed by atoms with Gasteiger partial charge in [-0.2, -0.15) is 0 Å². The Morgan fingerprint density at radius 2 is 2.13 bits per heavy atom. The number of rotatable bonds is 1. The van der Waals surface area contributed by atoms with Crippen molar-refractivity contribution in [3.63, 3.8) is 0 Å². The summed E-state index contributed by atoms with van der Waals surface area (Å²) < 4.78 is 0. The van der Waals surface area contributed by atoms with Crippen LogP contribution < -0.4 is 0 Å². The highest BCUT2D eigenvalue weighted by atomic mass is 14.5. The van der Waals surface area contributed by atoms with E-state index in [0.29, 0.717) is 5.41 Å². The molecule has 0 bridgehead atoms. The van der Waals surface area contributed by atoms with E-state index in [1.54, 1.807) is 11.1 Å². The predicted molar refractivity (Wildman–Crippen MR) is 66.7 cm³/mol. The topological polar surface area (TPSA) is 0 Å². The summed E-state index contributed by atoms with van der Waals surface area (Å²) >= 11 is 0. The second-order valence-corrected chi connectivity index (χ2v) is 5.90. The van der Waals surface area contributed by atoms with Gasteiger partial charge in [-0.1, -0.05) is 37.6 Å². The van der Waals surface area contributed by atoms with Gasteiger partial charge in [0.05, 0.1) is 0 Å². The Balaban J connectivity index is 2.27. The molecule has 2 aliphatic carbocycles. The Hall–Kier alpha value is -0.520. The number of allylic oxidation sites excluding steroid dienone is 3. The summed E-state index contributed by atoms with van der Waals surface area (Å²) in [4.78, 5) is 0. The summed E-state index contributed by atoms with van der Waals surface area (Å²) in [6.45, 7) is 11.4. The molecule has 2 rings (SSSR count). The molecule has 2 atom stereocenters. The SMILES string of the molecule is C=C1CC[C@@H](C(C)C)[C@]12CC=C(C)CC2. The molecule has 0 aromatic heterocycles. The summed E-state index contributed by atoms with van der Waals surface area (Å²) in [6.07, 6.45) is 9.04. The van der Waals surface area contributed by atoms with E-state index in [1.807, 2.05) is 0 Å². The maximum atomic E-state index is 4.36. The predicted octanol–water partition coefficient (Wildman–Crippen LogP) is 4.73. The van der Waals surface area contributed by atoms with Gasteiger partial charge in [-0.15, -0.1) is 0 Å². The second kappa shape index (κ2) is 3.81. The Kier molecular flexibility index (Phi) is 2.79. The van der Waals surface area contributed by atoms with Gasteiger partial charge < -0.3 is 0 Å². The minimum absolute atomic E-state index is 0.480. The van der Waals surface area contributed by atoms with Gasteiger partial charge in [-0.3, -0.25) is 0 Å². The molecule has 0 amide bonds. The summed E-state index contributed by atoms with van der Waals surface area (Å²) in [5, 5.41) is 0. The van der Waals surface area contributed by atoms with Crippen molar-refractivity contribution in [3.8, 4) is 0 Å². The molecule has 0 aromatic carbocycles. The van der Waals surface area contributed by atoms with Gasteiger partial charge >= 0.3 is 0 Å². The molecule has 0 heteroatoms. The maximum Gasteiger partial charge on any atom is -0.00224 e. The quantitative estimate of drug-likeness (QED) is 0.542. The molecule has 0 aliphatic heterocycles. The molecular formula is C15H24. The van der Waals surface area contributed by atoms with Crippen LogP contribution in [0.3, 0.4) is 0 Å². The molecule has 0 aromatic rings. The average molecular weight is 204 g/mol. The molecule has 0 nitrogen and oxygen atoms in total. The van der Waals surface area contributed by atoms with E-state index in [0.717, 1.165) is 11.8 Å². The van der Waals surface area contributed by atoms with Gasteiger partial charge in [0.2, 0.25) is 0 Å². The van der Waals surface area contributed by atoms with Gasteiger partial charge in [-0.25, -0.2) is 0 Å². The molecule has 84 valence electrons. The first-order chi connectivity index (χ1) is 7.06. The molecule has 1 saturated carbocycles. The van der Waals surface area contributed by atoms with Crippen LogP contribution in [0, 0.1) is 17.3 Å². The van der Waals surface area contributed by atoms with E-state index in [-0.39, 0.29) is 0 Å². The van der Waals surface area contributed by atoms with E-state index in [4.69, 9.17) is 0 Å². The van der Waals surface area contributed by atoms with Gasteiger partial charge in [0.15, 0.2) is 0 Å². The van der Waals surface area contributed by atoms with Crippen LogP contribution in [-0.2, 0) is 0 Å². The zero-order valence-electron chi connectivity index (χ0n) is 10.5. The van der Waals surface area contributed by atoms with Crippen molar-refractivity contribution in [1.82, 2.24) is 0 Å². The van der Waals surface area contributed by atoms with Crippen LogP contribution in [0.2, 0.25) is 0 Å². The molecular weight excluding hydrogens is 180 g/mol. The highest BCUT2D eigenvalue weighted by Crippen LogP contribution is 2.57. The van der Waals surface area contributed by atoms with Crippen LogP contribution in [0.15, 0.2) is 23.8 Å². The van der Waals surface area contributed by atoms with E-state index >= 15 is 0 Å². The molecule has 0 unspecified atom stereocenters. The standard InChI is InChI=1S/C15H24/c1-11(2)14-6-5-13(4)15(14)9-7-12(3)8-10-15/h7,11,14H,4-6,8-10H2,1-3H3/t14-,15-/m0/s1. The van der Waals surface area contributed by atoms with E-state index in [2.05, 4.69) is 33.4 Å². The Labute approximate surface area is 94.5 Å². The van der Waals surface area contributed by atoms with Gasteiger partial charge in [-0.05, 0) is 56.3 Å². The van der Waals surface area contributed by atoms with Crippen LogP contribution in [0.25, 0.3) is 0 Å². The monoisotopic (exact) mass is 204 g/mol. The second-order valence-electron chi connectivity index (χ2n) is 5.90. The van der Waals surface area contributed by atoms with Crippen LogP contribution in [0.4, 0.5) is 0 Å². The minimum Gasteiger partial charge on any atom is -0.0993 e. The zero-order chi connectivity index (χ0) is 11.1. The molecule has 0 heterocycles. The van der Waals surface area contributed by atoms with Crippen molar-refractivity contribution in [2.24, 2.45) is 17.3 Å². The van der Waals surface area contributed by atoms with Crippen molar-refractivity contribution < 1.29 is 0 Å². The van der Waals surface area contributed by atoms with Gasteiger partial charge in [0.1, 0.15) is 0 Å². The highest BCUT2D eigenvalue weighted by molar-refractivity contribution is 5.24. The Morgan fingerprint density at radius 3 is 2.67 bits per heavy atom. The Bertz CT molecular complexity index is 295. The van der Waals surface area contributed by atoms with Crippen molar-refractivity contribution in [3.05, 3.63) is 23.8 Å². The molecule has 0 saturated heterocycles. The van der Waals surface area contributed by atoms with E-state index in [1.165, 1.54) is 32.1 Å². The smallest absolute Gasteiger partial charge is 0.00224 e. The molecule has 0 N–H and O–H groups in total.